The molecule has 0 spiro atoms. The van der Waals surface area contributed by atoms with E-state index in [9.17, 15) is 4.79 Å². The summed E-state index contributed by atoms with van der Waals surface area (Å²) in [6.45, 7) is 2.63. The molecule has 1 heterocycles. The third kappa shape index (κ3) is 4.68. The van der Waals surface area contributed by atoms with Crippen LogP contribution in [0.3, 0.4) is 0 Å². The minimum Gasteiger partial charge on any atom is -0.352 e. The van der Waals surface area contributed by atoms with Gasteiger partial charge >= 0.3 is 0 Å². The normalized spacial score (nSPS) is 11.1. The number of hydrazone groups is 1. The number of benzene rings is 3. The minimum atomic E-state index is -0.245. The molecule has 0 bridgehead atoms. The minimum absolute atomic E-state index is 0.245. The van der Waals surface area contributed by atoms with Gasteiger partial charge in [-0.05, 0) is 42.3 Å². The van der Waals surface area contributed by atoms with Crippen LogP contribution in [0.25, 0.3) is 11.0 Å². The lowest BCUT2D eigenvalue weighted by atomic mass is 10.1. The molecular formula is C23H21N5O. The van der Waals surface area contributed by atoms with Gasteiger partial charge in [-0.2, -0.15) is 5.10 Å². The monoisotopic (exact) mass is 383 g/mol. The van der Waals surface area contributed by atoms with E-state index in [4.69, 9.17) is 0 Å². The van der Waals surface area contributed by atoms with Crippen molar-refractivity contribution in [3.05, 3.63) is 95.1 Å². The highest BCUT2D eigenvalue weighted by Crippen LogP contribution is 2.14. The van der Waals surface area contributed by atoms with Crippen LogP contribution in [0.1, 0.15) is 27.0 Å². The number of fused-ring (bicyclic) bond motifs is 1. The van der Waals surface area contributed by atoms with Crippen LogP contribution in [0.15, 0.2) is 77.9 Å². The number of imidazole rings is 1. The number of para-hydroxylation sites is 2. The van der Waals surface area contributed by atoms with Crippen molar-refractivity contribution >= 4 is 29.1 Å². The molecule has 4 rings (SSSR count). The SMILES string of the molecule is Cc1ccc(/C=N/NC(=O)c2ccc(CNc3nc4ccccc4[nH]3)cc2)cc1. The van der Waals surface area contributed by atoms with Gasteiger partial charge in [-0.15, -0.1) is 0 Å². The third-order valence-electron chi connectivity index (χ3n) is 4.52. The molecule has 3 N–H and O–H groups in total. The summed E-state index contributed by atoms with van der Waals surface area (Å²) in [4.78, 5) is 19.9. The number of anilines is 1. The van der Waals surface area contributed by atoms with Gasteiger partial charge in [-0.1, -0.05) is 54.1 Å². The molecule has 0 atom stereocenters. The Bertz CT molecular complexity index is 1110. The number of aromatic amines is 1. The molecule has 0 aliphatic rings. The molecule has 0 unspecified atom stereocenters. The lowest BCUT2D eigenvalue weighted by Crippen LogP contribution is -2.17. The number of nitrogens with zero attached hydrogens (tertiary/aromatic N) is 2. The Hall–Kier alpha value is -3.93. The smallest absolute Gasteiger partial charge is 0.271 e. The van der Waals surface area contributed by atoms with E-state index in [0.29, 0.717) is 12.1 Å². The summed E-state index contributed by atoms with van der Waals surface area (Å²) in [6.07, 6.45) is 1.63. The van der Waals surface area contributed by atoms with Crippen molar-refractivity contribution in [1.82, 2.24) is 15.4 Å². The molecule has 144 valence electrons. The molecule has 6 nitrogen and oxygen atoms in total. The molecule has 0 radical (unpaired) electrons. The van der Waals surface area contributed by atoms with Crippen LogP contribution in [-0.4, -0.2) is 22.1 Å². The zero-order valence-corrected chi connectivity index (χ0v) is 16.0. The summed E-state index contributed by atoms with van der Waals surface area (Å²) in [7, 11) is 0. The van der Waals surface area contributed by atoms with E-state index in [0.717, 1.165) is 28.1 Å². The number of aromatic nitrogens is 2. The van der Waals surface area contributed by atoms with Crippen LogP contribution in [0.4, 0.5) is 5.95 Å². The maximum atomic E-state index is 12.2. The molecule has 0 fully saturated rings. The molecule has 1 amide bonds. The second-order valence-corrected chi connectivity index (χ2v) is 6.76. The predicted molar refractivity (Wildman–Crippen MR) is 116 cm³/mol. The molecule has 1 aromatic heterocycles. The highest BCUT2D eigenvalue weighted by Gasteiger charge is 2.05. The van der Waals surface area contributed by atoms with Crippen LogP contribution in [0.5, 0.6) is 0 Å². The van der Waals surface area contributed by atoms with Gasteiger partial charge in [0.15, 0.2) is 0 Å². The van der Waals surface area contributed by atoms with Gasteiger partial charge in [-0.25, -0.2) is 10.4 Å². The molecule has 0 aliphatic carbocycles. The maximum absolute atomic E-state index is 12.2. The van der Waals surface area contributed by atoms with Gasteiger partial charge in [0.25, 0.3) is 5.91 Å². The highest BCUT2D eigenvalue weighted by molar-refractivity contribution is 5.94. The van der Waals surface area contributed by atoms with E-state index < -0.39 is 0 Å². The van der Waals surface area contributed by atoms with Crippen molar-refractivity contribution in [3.63, 3.8) is 0 Å². The average molecular weight is 383 g/mol. The summed E-state index contributed by atoms with van der Waals surface area (Å²) < 4.78 is 0. The third-order valence-corrected chi connectivity index (χ3v) is 4.52. The molecule has 0 saturated heterocycles. The maximum Gasteiger partial charge on any atom is 0.271 e. The van der Waals surface area contributed by atoms with Gasteiger partial charge in [0.1, 0.15) is 0 Å². The van der Waals surface area contributed by atoms with Crippen LogP contribution in [0, 0.1) is 6.92 Å². The summed E-state index contributed by atoms with van der Waals surface area (Å²) >= 11 is 0. The largest absolute Gasteiger partial charge is 0.352 e. The van der Waals surface area contributed by atoms with E-state index in [-0.39, 0.29) is 5.91 Å². The number of nitrogens with one attached hydrogen (secondary N) is 3. The van der Waals surface area contributed by atoms with E-state index in [1.807, 2.05) is 67.6 Å². The molecule has 6 heteroatoms. The zero-order valence-electron chi connectivity index (χ0n) is 16.0. The van der Waals surface area contributed by atoms with Crippen molar-refractivity contribution in [2.75, 3.05) is 5.32 Å². The lowest BCUT2D eigenvalue weighted by molar-refractivity contribution is 0.0955. The molecule has 4 aromatic rings. The van der Waals surface area contributed by atoms with Gasteiger partial charge in [0.2, 0.25) is 5.95 Å². The predicted octanol–water partition coefficient (Wildman–Crippen LogP) is 4.25. The second kappa shape index (κ2) is 8.39. The van der Waals surface area contributed by atoms with E-state index >= 15 is 0 Å². The fraction of sp³-hybridized carbons (Fsp3) is 0.0870. The quantitative estimate of drug-likeness (QED) is 0.344. The Balaban J connectivity index is 1.32. The number of hydrogen-bond acceptors (Lipinski definition) is 4. The Morgan fingerprint density at radius 2 is 1.79 bits per heavy atom. The summed E-state index contributed by atoms with van der Waals surface area (Å²) in [5.74, 6) is 0.476. The summed E-state index contributed by atoms with van der Waals surface area (Å²) in [5.41, 5.74) is 8.19. The molecule has 0 aliphatic heterocycles. The van der Waals surface area contributed by atoms with E-state index in [1.54, 1.807) is 18.3 Å². The number of hydrogen-bond donors (Lipinski definition) is 3. The number of H-pyrrole nitrogens is 1. The Morgan fingerprint density at radius 1 is 1.03 bits per heavy atom. The molecule has 0 saturated carbocycles. The second-order valence-electron chi connectivity index (χ2n) is 6.76. The number of aryl methyl sites for hydroxylation is 1. The number of carbonyl (C=O) groups is 1. The van der Waals surface area contributed by atoms with Gasteiger partial charge in [0, 0.05) is 12.1 Å². The first kappa shape index (κ1) is 18.4. The van der Waals surface area contributed by atoms with Crippen molar-refractivity contribution < 1.29 is 4.79 Å². The van der Waals surface area contributed by atoms with Crippen LogP contribution in [0.2, 0.25) is 0 Å². The zero-order chi connectivity index (χ0) is 20.1. The van der Waals surface area contributed by atoms with Crippen LogP contribution >= 0.6 is 0 Å². The fourth-order valence-corrected chi connectivity index (χ4v) is 2.88. The van der Waals surface area contributed by atoms with Crippen LogP contribution in [-0.2, 0) is 6.54 Å². The molecule has 29 heavy (non-hydrogen) atoms. The Kier molecular flexibility index (Phi) is 5.33. The Morgan fingerprint density at radius 3 is 2.55 bits per heavy atom. The Labute approximate surface area is 168 Å². The van der Waals surface area contributed by atoms with E-state index in [2.05, 4.69) is 25.8 Å². The molecule has 3 aromatic carbocycles. The first-order valence-electron chi connectivity index (χ1n) is 9.35. The van der Waals surface area contributed by atoms with Crippen LogP contribution < -0.4 is 10.7 Å². The van der Waals surface area contributed by atoms with Crippen molar-refractivity contribution in [2.45, 2.75) is 13.5 Å². The lowest BCUT2D eigenvalue weighted by Gasteiger charge is -2.05. The van der Waals surface area contributed by atoms with Crippen molar-refractivity contribution in [1.29, 1.82) is 0 Å². The standard InChI is InChI=1S/C23H21N5O/c1-16-6-8-18(9-7-16)15-25-28-22(29)19-12-10-17(11-13-19)14-24-23-26-20-4-2-3-5-21(20)27-23/h2-13,15H,14H2,1H3,(H,28,29)(H2,24,26,27)/b25-15+. The summed E-state index contributed by atoms with van der Waals surface area (Å²) in [5, 5.41) is 7.28. The fourth-order valence-electron chi connectivity index (χ4n) is 2.88. The molecular weight excluding hydrogens is 362 g/mol. The van der Waals surface area contributed by atoms with Gasteiger partial charge in [-0.3, -0.25) is 4.79 Å². The van der Waals surface area contributed by atoms with Crippen molar-refractivity contribution in [3.8, 4) is 0 Å². The highest BCUT2D eigenvalue weighted by atomic mass is 16.2. The summed E-state index contributed by atoms with van der Waals surface area (Å²) in [6, 6.07) is 23.2. The average Bonchev–Trinajstić information content (AvgIpc) is 3.17. The first-order chi connectivity index (χ1) is 14.2. The van der Waals surface area contributed by atoms with Gasteiger partial charge < -0.3 is 10.3 Å². The van der Waals surface area contributed by atoms with Gasteiger partial charge in [0.05, 0.1) is 17.2 Å². The van der Waals surface area contributed by atoms with E-state index in [1.165, 1.54) is 5.56 Å². The first-order valence-corrected chi connectivity index (χ1v) is 9.35. The van der Waals surface area contributed by atoms with Crippen molar-refractivity contribution in [2.24, 2.45) is 5.10 Å². The number of amides is 1. The topological polar surface area (TPSA) is 82.2 Å². The number of carbonyl (C=O) groups excluding carboxylic acids is 1. The number of rotatable bonds is 6.